The zero-order valence-corrected chi connectivity index (χ0v) is 12.0. The third kappa shape index (κ3) is 2.53. The van der Waals surface area contributed by atoms with Crippen LogP contribution in [0.25, 0.3) is 22.2 Å². The van der Waals surface area contributed by atoms with Gasteiger partial charge in [0.15, 0.2) is 0 Å². The Morgan fingerprint density at radius 1 is 1.05 bits per heavy atom. The number of pyridine rings is 1. The minimum atomic E-state index is 0.768. The van der Waals surface area contributed by atoms with Crippen molar-refractivity contribution in [3.8, 4) is 11.3 Å². The molecule has 1 heterocycles. The SMILES string of the molecule is CNCc1ccc(-c2ccc3ccccc3n2)cc1Cl. The zero-order valence-electron chi connectivity index (χ0n) is 11.2. The first-order chi connectivity index (χ1) is 9.78. The maximum absolute atomic E-state index is 6.31. The highest BCUT2D eigenvalue weighted by molar-refractivity contribution is 6.31. The van der Waals surface area contributed by atoms with Gasteiger partial charge in [-0.3, -0.25) is 0 Å². The van der Waals surface area contributed by atoms with E-state index in [1.54, 1.807) is 0 Å². The van der Waals surface area contributed by atoms with E-state index in [-0.39, 0.29) is 0 Å². The van der Waals surface area contributed by atoms with Gasteiger partial charge in [-0.05, 0) is 30.8 Å². The topological polar surface area (TPSA) is 24.9 Å². The fraction of sp³-hybridized carbons (Fsp3) is 0.118. The summed E-state index contributed by atoms with van der Waals surface area (Å²) >= 11 is 6.31. The first-order valence-electron chi connectivity index (χ1n) is 6.57. The average Bonchev–Trinajstić information content (AvgIpc) is 2.49. The van der Waals surface area contributed by atoms with Gasteiger partial charge in [0, 0.05) is 22.5 Å². The molecule has 0 amide bonds. The number of benzene rings is 2. The fourth-order valence-electron chi connectivity index (χ4n) is 2.27. The van der Waals surface area contributed by atoms with E-state index in [4.69, 9.17) is 11.6 Å². The summed E-state index contributed by atoms with van der Waals surface area (Å²) in [6.45, 7) is 0.768. The Balaban J connectivity index is 2.04. The van der Waals surface area contributed by atoms with Crippen molar-refractivity contribution in [3.05, 3.63) is 65.2 Å². The summed E-state index contributed by atoms with van der Waals surface area (Å²) in [5.41, 5.74) is 4.08. The Labute approximate surface area is 123 Å². The predicted octanol–water partition coefficient (Wildman–Crippen LogP) is 4.27. The summed E-state index contributed by atoms with van der Waals surface area (Å²) < 4.78 is 0. The van der Waals surface area contributed by atoms with Crippen LogP contribution in [0.4, 0.5) is 0 Å². The molecule has 0 aliphatic carbocycles. The highest BCUT2D eigenvalue weighted by Crippen LogP contribution is 2.26. The predicted molar refractivity (Wildman–Crippen MR) is 85.0 cm³/mol. The van der Waals surface area contributed by atoms with E-state index in [1.807, 2.05) is 43.4 Å². The van der Waals surface area contributed by atoms with Crippen molar-refractivity contribution < 1.29 is 0 Å². The van der Waals surface area contributed by atoms with E-state index in [0.29, 0.717) is 0 Å². The number of halogens is 1. The maximum atomic E-state index is 6.31. The van der Waals surface area contributed by atoms with Crippen molar-refractivity contribution in [1.82, 2.24) is 10.3 Å². The molecule has 0 saturated heterocycles. The first-order valence-corrected chi connectivity index (χ1v) is 6.95. The Kier molecular flexibility index (Phi) is 3.68. The Bertz CT molecular complexity index is 753. The van der Waals surface area contributed by atoms with Crippen molar-refractivity contribution in [1.29, 1.82) is 0 Å². The molecule has 100 valence electrons. The molecule has 3 heteroatoms. The quantitative estimate of drug-likeness (QED) is 0.776. The molecule has 0 unspecified atom stereocenters. The van der Waals surface area contributed by atoms with Crippen LogP contribution in [0.3, 0.4) is 0 Å². The van der Waals surface area contributed by atoms with Crippen molar-refractivity contribution >= 4 is 22.5 Å². The summed E-state index contributed by atoms with van der Waals surface area (Å²) in [5, 5.41) is 5.03. The molecule has 1 N–H and O–H groups in total. The molecule has 2 aromatic carbocycles. The highest BCUT2D eigenvalue weighted by atomic mass is 35.5. The molecule has 0 bridgehead atoms. The van der Waals surface area contributed by atoms with E-state index in [2.05, 4.69) is 28.5 Å². The molecular weight excluding hydrogens is 268 g/mol. The van der Waals surface area contributed by atoms with Crippen LogP contribution in [0.15, 0.2) is 54.6 Å². The summed E-state index contributed by atoms with van der Waals surface area (Å²) in [6.07, 6.45) is 0. The van der Waals surface area contributed by atoms with Gasteiger partial charge in [0.05, 0.1) is 11.2 Å². The number of fused-ring (bicyclic) bond motifs is 1. The van der Waals surface area contributed by atoms with Gasteiger partial charge in [-0.2, -0.15) is 0 Å². The van der Waals surface area contributed by atoms with Gasteiger partial charge in [0.2, 0.25) is 0 Å². The van der Waals surface area contributed by atoms with Gasteiger partial charge in [0.25, 0.3) is 0 Å². The largest absolute Gasteiger partial charge is 0.316 e. The van der Waals surface area contributed by atoms with Crippen molar-refractivity contribution in [2.75, 3.05) is 7.05 Å². The fourth-order valence-corrected chi connectivity index (χ4v) is 2.51. The summed E-state index contributed by atoms with van der Waals surface area (Å²) in [4.78, 5) is 4.69. The zero-order chi connectivity index (χ0) is 13.9. The van der Waals surface area contributed by atoms with Crippen LogP contribution in [-0.2, 0) is 6.54 Å². The molecule has 0 atom stereocenters. The van der Waals surface area contributed by atoms with Crippen molar-refractivity contribution in [2.45, 2.75) is 6.54 Å². The van der Waals surface area contributed by atoms with Crippen LogP contribution in [0, 0.1) is 0 Å². The third-order valence-corrected chi connectivity index (χ3v) is 3.67. The van der Waals surface area contributed by atoms with Crippen LogP contribution in [-0.4, -0.2) is 12.0 Å². The van der Waals surface area contributed by atoms with Gasteiger partial charge < -0.3 is 5.32 Å². The van der Waals surface area contributed by atoms with Crippen molar-refractivity contribution in [3.63, 3.8) is 0 Å². The normalized spacial score (nSPS) is 10.9. The molecule has 20 heavy (non-hydrogen) atoms. The van der Waals surface area contributed by atoms with E-state index in [9.17, 15) is 0 Å². The number of hydrogen-bond acceptors (Lipinski definition) is 2. The lowest BCUT2D eigenvalue weighted by Crippen LogP contribution is -2.05. The average molecular weight is 283 g/mol. The van der Waals surface area contributed by atoms with Gasteiger partial charge in [-0.25, -0.2) is 4.98 Å². The van der Waals surface area contributed by atoms with E-state index < -0.39 is 0 Å². The van der Waals surface area contributed by atoms with Crippen LogP contribution in [0.1, 0.15) is 5.56 Å². The Hall–Kier alpha value is -1.90. The molecule has 0 aliphatic rings. The summed E-state index contributed by atoms with van der Waals surface area (Å²) in [5.74, 6) is 0. The lowest BCUT2D eigenvalue weighted by atomic mass is 10.1. The molecule has 0 fully saturated rings. The third-order valence-electron chi connectivity index (χ3n) is 3.31. The van der Waals surface area contributed by atoms with Crippen LogP contribution >= 0.6 is 11.6 Å². The molecule has 3 aromatic rings. The highest BCUT2D eigenvalue weighted by Gasteiger charge is 2.05. The van der Waals surface area contributed by atoms with Crippen LogP contribution in [0.5, 0.6) is 0 Å². The maximum Gasteiger partial charge on any atom is 0.0710 e. The standard InChI is InChI=1S/C17H15ClN2/c1-19-11-14-7-6-13(10-15(14)18)17-9-8-12-4-2-3-5-16(12)20-17/h2-10,19H,11H2,1H3. The monoisotopic (exact) mass is 282 g/mol. The molecule has 0 radical (unpaired) electrons. The molecule has 1 aromatic heterocycles. The second kappa shape index (κ2) is 5.61. The Morgan fingerprint density at radius 2 is 1.90 bits per heavy atom. The Morgan fingerprint density at radius 3 is 2.70 bits per heavy atom. The van der Waals surface area contributed by atoms with Gasteiger partial charge in [-0.15, -0.1) is 0 Å². The van der Waals surface area contributed by atoms with Gasteiger partial charge in [-0.1, -0.05) is 48.0 Å². The van der Waals surface area contributed by atoms with E-state index in [0.717, 1.165) is 39.3 Å². The molecule has 0 spiro atoms. The smallest absolute Gasteiger partial charge is 0.0710 e. The lowest BCUT2D eigenvalue weighted by molar-refractivity contribution is 0.818. The van der Waals surface area contributed by atoms with Crippen LogP contribution < -0.4 is 5.32 Å². The second-order valence-electron chi connectivity index (χ2n) is 4.73. The number of rotatable bonds is 3. The minimum absolute atomic E-state index is 0.768. The number of nitrogens with zero attached hydrogens (tertiary/aromatic N) is 1. The van der Waals surface area contributed by atoms with Crippen molar-refractivity contribution in [2.24, 2.45) is 0 Å². The number of hydrogen-bond donors (Lipinski definition) is 1. The minimum Gasteiger partial charge on any atom is -0.316 e. The summed E-state index contributed by atoms with van der Waals surface area (Å²) in [6, 6.07) is 18.3. The van der Waals surface area contributed by atoms with Gasteiger partial charge in [0.1, 0.15) is 0 Å². The van der Waals surface area contributed by atoms with Crippen LogP contribution in [0.2, 0.25) is 5.02 Å². The van der Waals surface area contributed by atoms with E-state index in [1.165, 1.54) is 0 Å². The van der Waals surface area contributed by atoms with E-state index >= 15 is 0 Å². The number of aromatic nitrogens is 1. The second-order valence-corrected chi connectivity index (χ2v) is 5.13. The first kappa shape index (κ1) is 13.1. The van der Waals surface area contributed by atoms with Gasteiger partial charge >= 0.3 is 0 Å². The summed E-state index contributed by atoms with van der Waals surface area (Å²) in [7, 11) is 1.91. The molecule has 2 nitrogen and oxygen atoms in total. The lowest BCUT2D eigenvalue weighted by Gasteiger charge is -2.07. The number of para-hydroxylation sites is 1. The molecule has 0 aliphatic heterocycles. The molecule has 3 rings (SSSR count). The number of nitrogens with one attached hydrogen (secondary N) is 1. The molecular formula is C17H15ClN2. The molecule has 0 saturated carbocycles.